The lowest BCUT2D eigenvalue weighted by molar-refractivity contribution is 0.0692. The molecule has 0 aliphatic carbocycles. The van der Waals surface area contributed by atoms with E-state index < -0.39 is 5.97 Å². The molecule has 0 atom stereocenters. The minimum atomic E-state index is -1.01. The van der Waals surface area contributed by atoms with Crippen LogP contribution < -0.4 is 10.1 Å². The van der Waals surface area contributed by atoms with Crippen molar-refractivity contribution in [2.24, 2.45) is 0 Å². The summed E-state index contributed by atoms with van der Waals surface area (Å²) in [7, 11) is 0. The van der Waals surface area contributed by atoms with Gasteiger partial charge < -0.3 is 19.9 Å². The van der Waals surface area contributed by atoms with Gasteiger partial charge in [-0.15, -0.1) is 0 Å². The fraction of sp³-hybridized carbons (Fsp3) is 0.192. The van der Waals surface area contributed by atoms with Crippen LogP contribution in [0, 0.1) is 0 Å². The predicted molar refractivity (Wildman–Crippen MR) is 121 cm³/mol. The molecule has 3 aromatic rings. The third-order valence-electron chi connectivity index (χ3n) is 5.23. The van der Waals surface area contributed by atoms with E-state index in [0.29, 0.717) is 25.5 Å². The van der Waals surface area contributed by atoms with E-state index in [2.05, 4.69) is 35.7 Å². The van der Waals surface area contributed by atoms with Gasteiger partial charge in [-0.3, -0.25) is 0 Å². The standard InChI is InChI=1S/C26H25NO4/c28-26(29)24-11-10-23(16-25(24)31-18-20-4-2-1-3-5-20)27-17-19-6-8-21(9-7-19)22-12-14-30-15-13-22/h1-12,16,27H,13-15,17-18H2,(H,28,29). The van der Waals surface area contributed by atoms with Crippen LogP contribution in [0.25, 0.3) is 5.57 Å². The Kier molecular flexibility index (Phi) is 6.65. The van der Waals surface area contributed by atoms with Crippen LogP contribution in [0.15, 0.2) is 78.9 Å². The van der Waals surface area contributed by atoms with Gasteiger partial charge in [-0.05, 0) is 40.8 Å². The molecule has 0 fully saturated rings. The lowest BCUT2D eigenvalue weighted by Crippen LogP contribution is -2.06. The van der Waals surface area contributed by atoms with Crippen molar-refractivity contribution in [3.8, 4) is 5.75 Å². The van der Waals surface area contributed by atoms with Crippen LogP contribution in [0.5, 0.6) is 5.75 Å². The number of aromatic carboxylic acids is 1. The molecule has 0 bridgehead atoms. The van der Waals surface area contributed by atoms with Gasteiger partial charge in [0.05, 0.1) is 13.2 Å². The number of carboxylic acid groups (broad SMARTS) is 1. The highest BCUT2D eigenvalue weighted by Crippen LogP contribution is 2.26. The Labute approximate surface area is 182 Å². The van der Waals surface area contributed by atoms with Crippen LogP contribution >= 0.6 is 0 Å². The maximum atomic E-state index is 11.6. The molecule has 0 aromatic heterocycles. The van der Waals surface area contributed by atoms with Gasteiger partial charge in [0.2, 0.25) is 0 Å². The zero-order chi connectivity index (χ0) is 21.5. The average Bonchev–Trinajstić information content (AvgIpc) is 2.83. The summed E-state index contributed by atoms with van der Waals surface area (Å²) in [6, 6.07) is 23.3. The molecular weight excluding hydrogens is 390 g/mol. The number of rotatable bonds is 8. The Morgan fingerprint density at radius 3 is 2.52 bits per heavy atom. The average molecular weight is 415 g/mol. The van der Waals surface area contributed by atoms with E-state index in [4.69, 9.17) is 9.47 Å². The van der Waals surface area contributed by atoms with Gasteiger partial charge in [-0.2, -0.15) is 0 Å². The zero-order valence-electron chi connectivity index (χ0n) is 17.2. The second-order valence-electron chi connectivity index (χ2n) is 7.40. The third-order valence-corrected chi connectivity index (χ3v) is 5.23. The van der Waals surface area contributed by atoms with Crippen molar-refractivity contribution in [3.05, 3.63) is 101 Å². The molecule has 1 aliphatic rings. The van der Waals surface area contributed by atoms with E-state index in [1.807, 2.05) is 30.3 Å². The van der Waals surface area contributed by atoms with Crippen LogP contribution in [0.2, 0.25) is 0 Å². The Hall–Kier alpha value is -3.57. The van der Waals surface area contributed by atoms with Crippen molar-refractivity contribution in [2.75, 3.05) is 18.5 Å². The van der Waals surface area contributed by atoms with Crippen molar-refractivity contribution in [1.29, 1.82) is 0 Å². The molecule has 5 heteroatoms. The summed E-state index contributed by atoms with van der Waals surface area (Å²) >= 11 is 0. The Bertz CT molecular complexity index is 1060. The second kappa shape index (κ2) is 9.96. The lowest BCUT2D eigenvalue weighted by Gasteiger charge is -2.15. The summed E-state index contributed by atoms with van der Waals surface area (Å²) in [5.41, 5.74) is 5.65. The zero-order valence-corrected chi connectivity index (χ0v) is 17.2. The van der Waals surface area contributed by atoms with Crippen LogP contribution in [0.4, 0.5) is 5.69 Å². The number of hydrogen-bond acceptors (Lipinski definition) is 4. The van der Waals surface area contributed by atoms with Crippen molar-refractivity contribution >= 4 is 17.2 Å². The van der Waals surface area contributed by atoms with Gasteiger partial charge in [-0.1, -0.05) is 60.7 Å². The van der Waals surface area contributed by atoms with Crippen LogP contribution in [-0.2, 0) is 17.9 Å². The van der Waals surface area contributed by atoms with E-state index in [0.717, 1.165) is 29.8 Å². The molecule has 0 saturated heterocycles. The van der Waals surface area contributed by atoms with Gasteiger partial charge in [0.15, 0.2) is 0 Å². The molecule has 0 radical (unpaired) electrons. The highest BCUT2D eigenvalue weighted by atomic mass is 16.5. The second-order valence-corrected chi connectivity index (χ2v) is 7.40. The highest BCUT2D eigenvalue weighted by molar-refractivity contribution is 5.91. The molecule has 1 heterocycles. The molecule has 31 heavy (non-hydrogen) atoms. The third kappa shape index (κ3) is 5.53. The van der Waals surface area contributed by atoms with Gasteiger partial charge in [0.25, 0.3) is 0 Å². The Morgan fingerprint density at radius 2 is 1.81 bits per heavy atom. The van der Waals surface area contributed by atoms with Gasteiger partial charge in [-0.25, -0.2) is 4.79 Å². The van der Waals surface area contributed by atoms with Gasteiger partial charge >= 0.3 is 5.97 Å². The quantitative estimate of drug-likeness (QED) is 0.517. The molecule has 0 amide bonds. The number of nitrogens with one attached hydrogen (secondary N) is 1. The topological polar surface area (TPSA) is 67.8 Å². The van der Waals surface area contributed by atoms with E-state index in [1.54, 1.807) is 18.2 Å². The number of carboxylic acids is 1. The summed E-state index contributed by atoms with van der Waals surface area (Å²) in [5.74, 6) is -0.657. The Morgan fingerprint density at radius 1 is 1.00 bits per heavy atom. The summed E-state index contributed by atoms with van der Waals surface area (Å²) in [6.07, 6.45) is 3.08. The minimum Gasteiger partial charge on any atom is -0.488 e. The molecule has 0 saturated carbocycles. The number of anilines is 1. The molecule has 0 unspecified atom stereocenters. The van der Waals surface area contributed by atoms with Crippen molar-refractivity contribution < 1.29 is 19.4 Å². The predicted octanol–water partition coefficient (Wildman–Crippen LogP) is 5.38. The fourth-order valence-electron chi connectivity index (χ4n) is 3.49. The first-order valence-corrected chi connectivity index (χ1v) is 10.3. The molecule has 158 valence electrons. The van der Waals surface area contributed by atoms with Crippen LogP contribution in [0.1, 0.15) is 33.5 Å². The van der Waals surface area contributed by atoms with Crippen molar-refractivity contribution in [2.45, 2.75) is 19.6 Å². The number of benzene rings is 3. The lowest BCUT2D eigenvalue weighted by atomic mass is 10.0. The largest absolute Gasteiger partial charge is 0.488 e. The maximum Gasteiger partial charge on any atom is 0.339 e. The highest BCUT2D eigenvalue weighted by Gasteiger charge is 2.13. The fourth-order valence-corrected chi connectivity index (χ4v) is 3.49. The molecule has 1 aliphatic heterocycles. The minimum absolute atomic E-state index is 0.149. The smallest absolute Gasteiger partial charge is 0.339 e. The van der Waals surface area contributed by atoms with E-state index >= 15 is 0 Å². The summed E-state index contributed by atoms with van der Waals surface area (Å²) in [4.78, 5) is 11.6. The van der Waals surface area contributed by atoms with E-state index in [-0.39, 0.29) is 5.56 Å². The summed E-state index contributed by atoms with van der Waals surface area (Å²) < 4.78 is 11.2. The number of carbonyl (C=O) groups is 1. The molecular formula is C26H25NO4. The SMILES string of the molecule is O=C(O)c1ccc(NCc2ccc(C3=CCOCC3)cc2)cc1OCc1ccccc1. The number of ether oxygens (including phenoxy) is 2. The van der Waals surface area contributed by atoms with Crippen LogP contribution in [0.3, 0.4) is 0 Å². The monoisotopic (exact) mass is 415 g/mol. The van der Waals surface area contributed by atoms with E-state index in [9.17, 15) is 9.90 Å². The van der Waals surface area contributed by atoms with Gasteiger partial charge in [0, 0.05) is 18.3 Å². The molecule has 3 aromatic carbocycles. The summed E-state index contributed by atoms with van der Waals surface area (Å²) in [6.45, 7) is 2.40. The normalized spacial score (nSPS) is 13.4. The first kappa shape index (κ1) is 20.7. The van der Waals surface area contributed by atoms with E-state index in [1.165, 1.54) is 11.1 Å². The van der Waals surface area contributed by atoms with Crippen molar-refractivity contribution in [3.63, 3.8) is 0 Å². The van der Waals surface area contributed by atoms with Gasteiger partial charge in [0.1, 0.15) is 17.9 Å². The van der Waals surface area contributed by atoms with Crippen LogP contribution in [-0.4, -0.2) is 24.3 Å². The Balaban J connectivity index is 1.42. The molecule has 4 rings (SSSR count). The van der Waals surface area contributed by atoms with Crippen molar-refractivity contribution in [1.82, 2.24) is 0 Å². The molecule has 2 N–H and O–H groups in total. The first-order valence-electron chi connectivity index (χ1n) is 10.3. The first-order chi connectivity index (χ1) is 15.2. The summed E-state index contributed by atoms with van der Waals surface area (Å²) in [5, 5.41) is 12.8. The molecule has 0 spiro atoms. The molecule has 5 nitrogen and oxygen atoms in total. The maximum absolute atomic E-state index is 11.6. The number of hydrogen-bond donors (Lipinski definition) is 2.